The molecule has 8 aliphatic rings. The number of nitrogens with one attached hydrogen (secondary N) is 5. The number of anilines is 2. The van der Waals surface area contributed by atoms with Crippen LogP contribution in [0.4, 0.5) is 25.0 Å². The van der Waals surface area contributed by atoms with Gasteiger partial charge in [0.05, 0.1) is 18.1 Å². The number of Topliss-reactive ketones (excluding diaryl/α,β-unsaturated/α-hetero) is 1. The lowest BCUT2D eigenvalue weighted by atomic mass is 9.38. The minimum atomic E-state index is -2.26. The number of amides is 5. The lowest BCUT2D eigenvalue weighted by molar-refractivity contribution is -0.210. The van der Waals surface area contributed by atoms with Gasteiger partial charge in [-0.15, -0.1) is 0 Å². The summed E-state index contributed by atoms with van der Waals surface area (Å²) in [5.74, 6) is -6.02. The second-order valence-electron chi connectivity index (χ2n) is 24.1. The van der Waals surface area contributed by atoms with E-state index < -0.39 is 119 Å². The average Bonchev–Trinajstić information content (AvgIpc) is 2.77. The normalized spacial score (nSPS) is 33.2. The highest BCUT2D eigenvalue weighted by atomic mass is 19.1. The van der Waals surface area contributed by atoms with Crippen LogP contribution in [0.5, 0.6) is 0 Å². The number of rotatable bonds is 22. The third kappa shape index (κ3) is 10.5. The van der Waals surface area contributed by atoms with Crippen LogP contribution in [0.3, 0.4) is 0 Å². The summed E-state index contributed by atoms with van der Waals surface area (Å²) in [6, 6.07) is 12.5. The molecule has 79 heavy (non-hydrogen) atoms. The molecule has 7 fully saturated rings. The molecule has 426 valence electrons. The van der Waals surface area contributed by atoms with Crippen molar-refractivity contribution in [2.45, 2.75) is 140 Å². The fourth-order valence-electron chi connectivity index (χ4n) is 15.6. The number of nitrogens with two attached hydrogens (primary N) is 1. The average molecular weight is 1100 g/mol. The maximum absolute atomic E-state index is 17.9. The predicted octanol–water partition coefficient (Wildman–Crippen LogP) is 4.03. The van der Waals surface area contributed by atoms with E-state index in [2.05, 4.69) is 43.6 Å². The van der Waals surface area contributed by atoms with Gasteiger partial charge in [-0.25, -0.2) is 13.6 Å². The first-order valence-corrected chi connectivity index (χ1v) is 27.5. The summed E-state index contributed by atoms with van der Waals surface area (Å²) in [5, 5.41) is 44.8. The topological polar surface area (TPSA) is 296 Å². The molecule has 1 heterocycles. The van der Waals surface area contributed by atoms with Crippen molar-refractivity contribution in [1.29, 1.82) is 0 Å². The number of hydrogen-bond donors (Lipinski definition) is 9. The molecule has 11 atom stereocenters. The van der Waals surface area contributed by atoms with E-state index in [4.69, 9.17) is 10.5 Å². The Hall–Kier alpha value is -6.58. The lowest BCUT2D eigenvalue weighted by Crippen LogP contribution is -2.75. The number of allylic oxidation sites excluding steroid dienone is 4. The summed E-state index contributed by atoms with van der Waals surface area (Å²) in [4.78, 5) is 103. The van der Waals surface area contributed by atoms with Crippen molar-refractivity contribution >= 4 is 58.6 Å². The van der Waals surface area contributed by atoms with Crippen molar-refractivity contribution in [3.8, 4) is 0 Å². The Labute approximate surface area is 457 Å². The summed E-state index contributed by atoms with van der Waals surface area (Å²) in [5.41, 5.74) is 2.39. The second kappa shape index (κ2) is 21.8. The lowest BCUT2D eigenvalue weighted by Gasteiger charge is -2.70. The molecule has 6 saturated carbocycles. The van der Waals surface area contributed by atoms with Crippen molar-refractivity contribution < 1.29 is 67.2 Å². The van der Waals surface area contributed by atoms with E-state index in [9.17, 15) is 53.7 Å². The molecule has 0 unspecified atom stereocenters. The third-order valence-corrected chi connectivity index (χ3v) is 19.1. The number of ketones is 2. The number of alkyl carbamates (subject to hydrolysis) is 1. The molecule has 10 rings (SSSR count). The van der Waals surface area contributed by atoms with Gasteiger partial charge in [0.15, 0.2) is 17.2 Å². The smallest absolute Gasteiger partial charge is 0.407 e. The molecular formula is C58H73F2N7O12. The molecule has 10 N–H and O–H groups in total. The number of halogens is 2. The maximum Gasteiger partial charge on any atom is 0.407 e. The van der Waals surface area contributed by atoms with Crippen molar-refractivity contribution in [2.75, 3.05) is 43.0 Å². The Morgan fingerprint density at radius 1 is 0.899 bits per heavy atom. The van der Waals surface area contributed by atoms with Gasteiger partial charge in [0.25, 0.3) is 0 Å². The van der Waals surface area contributed by atoms with Crippen molar-refractivity contribution in [3.05, 3.63) is 83.5 Å². The third-order valence-electron chi connectivity index (χ3n) is 19.1. The molecule has 5 amide bonds. The molecule has 0 spiro atoms. The van der Waals surface area contributed by atoms with Crippen LogP contribution in [0.2, 0.25) is 0 Å². The monoisotopic (exact) mass is 1100 g/mol. The van der Waals surface area contributed by atoms with Crippen LogP contribution in [-0.4, -0.2) is 131 Å². The zero-order chi connectivity index (χ0) is 56.9. The van der Waals surface area contributed by atoms with Crippen molar-refractivity contribution in [1.82, 2.24) is 21.3 Å². The number of carboxylic acids is 1. The van der Waals surface area contributed by atoms with E-state index in [0.29, 0.717) is 50.0 Å². The van der Waals surface area contributed by atoms with Crippen LogP contribution in [-0.2, 0) is 51.3 Å². The van der Waals surface area contributed by atoms with Gasteiger partial charge in [-0.05, 0) is 160 Å². The van der Waals surface area contributed by atoms with Crippen LogP contribution in [0, 0.1) is 39.4 Å². The van der Waals surface area contributed by atoms with E-state index in [-0.39, 0.29) is 60.6 Å². The summed E-state index contributed by atoms with van der Waals surface area (Å²) in [7, 11) is 0. The Bertz CT molecular complexity index is 2810. The molecule has 19 nitrogen and oxygen atoms in total. The summed E-state index contributed by atoms with van der Waals surface area (Å²) >= 11 is 0. The molecular weight excluding hydrogens is 1020 g/mol. The van der Waals surface area contributed by atoms with Gasteiger partial charge in [-0.3, -0.25) is 33.6 Å². The van der Waals surface area contributed by atoms with Gasteiger partial charge in [0.1, 0.15) is 31.5 Å². The summed E-state index contributed by atoms with van der Waals surface area (Å²) in [6.45, 7) is 4.62. The first-order chi connectivity index (χ1) is 37.4. The number of aliphatic hydroxyl groups is 2. The molecule has 2 bridgehead atoms. The first kappa shape index (κ1) is 57.1. The molecule has 1 aliphatic heterocycles. The fraction of sp³-hybridized carbons (Fsp3) is 0.586. The number of alkyl halides is 2. The Morgan fingerprint density at radius 2 is 1.58 bits per heavy atom. The zero-order valence-electron chi connectivity index (χ0n) is 44.9. The molecule has 21 heteroatoms. The van der Waals surface area contributed by atoms with Crippen LogP contribution >= 0.6 is 0 Å². The molecule has 0 radical (unpaired) electrons. The first-order valence-electron chi connectivity index (χ1n) is 27.5. The van der Waals surface area contributed by atoms with Crippen LogP contribution < -0.4 is 37.2 Å². The van der Waals surface area contributed by atoms with Crippen molar-refractivity contribution in [2.24, 2.45) is 45.1 Å². The number of benzene rings is 2. The van der Waals surface area contributed by atoms with E-state index in [1.807, 2.05) is 19.1 Å². The molecule has 0 aromatic heterocycles. The minimum absolute atomic E-state index is 0.0245. The Kier molecular flexibility index (Phi) is 15.8. The number of aliphatic hydroxyl groups excluding tert-OH is 2. The Morgan fingerprint density at radius 3 is 2.24 bits per heavy atom. The fourth-order valence-corrected chi connectivity index (χ4v) is 15.6. The number of ether oxygens (including phenoxy) is 1. The summed E-state index contributed by atoms with van der Waals surface area (Å²) in [6.07, 6.45) is 4.33. The van der Waals surface area contributed by atoms with Crippen LogP contribution in [0.15, 0.2) is 72.3 Å². The standard InChI is InChI=1S/C58H73F2N7O12/c1-33(69)63-44(6-4-5-19-61)50(76)62-25-48(73)65-45(15-16-49(74)75)51(77)64-37-11-7-35(8-12-37)28-79-52(78)66-56-29-55(30-56,31-56)23-34-9-13-38(14-10-34)67-26-36-20-40-41-22-43(59)42-21-39(70)17-18-53(42,2)58(41,60)46(71)24-54(40,3)57(36,32-67)47(72)27-68/h7-14,17-18,21,36,40-41,43-46,68,71H,4-6,15-16,19-20,22-32,61H2,1-3H3,(H,62,76)(H,63,69)(H,64,77)(H,65,73)(H,66,78)(H,74,75)/t36-,40-,41-,43-,44-,45-,46-,53-,54-,55?,56?,57+,58-/m0/s1. The quantitative estimate of drug-likeness (QED) is 0.0753. The molecule has 2 aromatic carbocycles. The second-order valence-corrected chi connectivity index (χ2v) is 24.1. The summed E-state index contributed by atoms with van der Waals surface area (Å²) < 4.78 is 39.5. The molecule has 1 saturated heterocycles. The number of fused-ring (bicyclic) bond motifs is 7. The van der Waals surface area contributed by atoms with Gasteiger partial charge in [0.2, 0.25) is 23.6 Å². The van der Waals surface area contributed by atoms with Gasteiger partial charge >= 0.3 is 12.1 Å². The number of unbranched alkanes of at least 4 members (excludes halogenated alkanes) is 1. The number of carbonyl (C=O) groups excluding carboxylic acids is 7. The van der Waals surface area contributed by atoms with Crippen molar-refractivity contribution in [3.63, 3.8) is 0 Å². The number of carboxylic acid groups (broad SMARTS) is 1. The zero-order valence-corrected chi connectivity index (χ0v) is 44.9. The minimum Gasteiger partial charge on any atom is -0.481 e. The SMILES string of the molecule is CC(=O)N[C@@H](CCCCN)C(=O)NCC(=O)N[C@@H](CCC(=O)O)C(=O)Nc1ccc(COC(=O)NC23CC(Cc4ccc(N5C[C@@H]6C[C@H]7[C@@H]8C[C@H](F)C9=CC(=O)C=C[C@]9(C)[C@@]8(F)[C@@H](O)C[C@]7(C)[C@]6(C(=O)CO)C5)cc4)(C2)C3)cc1. The number of nitrogens with zero attached hydrogens (tertiary/aromatic N) is 1. The van der Waals surface area contributed by atoms with Gasteiger partial charge in [-0.1, -0.05) is 37.3 Å². The number of aliphatic carboxylic acids is 1. The highest BCUT2D eigenvalue weighted by Crippen LogP contribution is 2.75. The van der Waals surface area contributed by atoms with E-state index >= 15 is 8.78 Å². The predicted molar refractivity (Wildman–Crippen MR) is 284 cm³/mol. The van der Waals surface area contributed by atoms with Crippen LogP contribution in [0.1, 0.15) is 103 Å². The van der Waals surface area contributed by atoms with E-state index in [0.717, 1.165) is 36.9 Å². The van der Waals surface area contributed by atoms with E-state index in [1.165, 1.54) is 25.2 Å². The van der Waals surface area contributed by atoms with Gasteiger partial charge < -0.3 is 57.3 Å². The van der Waals surface area contributed by atoms with Gasteiger partial charge in [-0.2, -0.15) is 0 Å². The largest absolute Gasteiger partial charge is 0.481 e. The highest BCUT2D eigenvalue weighted by Gasteiger charge is 2.78. The van der Waals surface area contributed by atoms with E-state index in [1.54, 1.807) is 31.2 Å². The van der Waals surface area contributed by atoms with Crippen LogP contribution in [0.25, 0.3) is 0 Å². The molecule has 7 aliphatic carbocycles. The Balaban J connectivity index is 0.734. The van der Waals surface area contributed by atoms with Gasteiger partial charge in [0, 0.05) is 54.7 Å². The maximum atomic E-state index is 17.9. The highest BCUT2D eigenvalue weighted by molar-refractivity contribution is 6.01. The number of hydrogen-bond acceptors (Lipinski definition) is 13. The molecule has 2 aromatic rings. The number of carbonyl (C=O) groups is 8.